The van der Waals surface area contributed by atoms with Crippen LogP contribution in [0.15, 0.2) is 36.7 Å². The van der Waals surface area contributed by atoms with E-state index in [1.165, 1.54) is 0 Å². The lowest BCUT2D eigenvalue weighted by molar-refractivity contribution is 0.0318. The number of hydrogen-bond acceptors (Lipinski definition) is 4. The van der Waals surface area contributed by atoms with Gasteiger partial charge in [-0.2, -0.15) is 0 Å². The van der Waals surface area contributed by atoms with Crippen LogP contribution in [0.2, 0.25) is 0 Å². The Balaban J connectivity index is 1.38. The van der Waals surface area contributed by atoms with Crippen molar-refractivity contribution in [3.05, 3.63) is 48.0 Å². The SMILES string of the molecule is O=C(NCCCc1ncc[nH]1)Nc1ccc(C(=O)OC2CCCC2)cc1. The van der Waals surface area contributed by atoms with Crippen molar-refractivity contribution in [2.45, 2.75) is 44.6 Å². The number of esters is 1. The van der Waals surface area contributed by atoms with Crippen molar-refractivity contribution in [3.8, 4) is 0 Å². The zero-order valence-electron chi connectivity index (χ0n) is 14.7. The molecule has 0 saturated heterocycles. The molecule has 2 aromatic rings. The van der Waals surface area contributed by atoms with Crippen molar-refractivity contribution in [1.29, 1.82) is 0 Å². The normalized spacial score (nSPS) is 14.2. The van der Waals surface area contributed by atoms with E-state index in [9.17, 15) is 9.59 Å². The number of amides is 2. The Kier molecular flexibility index (Phi) is 6.24. The molecule has 0 bridgehead atoms. The number of aryl methyl sites for hydroxylation is 1. The fourth-order valence-electron chi connectivity index (χ4n) is 2.98. The molecule has 2 amide bonds. The van der Waals surface area contributed by atoms with Gasteiger partial charge >= 0.3 is 12.0 Å². The number of carbonyl (C=O) groups excluding carboxylic acids is 2. The maximum atomic E-state index is 12.1. The Morgan fingerprint density at radius 2 is 1.96 bits per heavy atom. The third-order valence-electron chi connectivity index (χ3n) is 4.39. The minimum absolute atomic E-state index is 0.0484. The molecule has 7 nitrogen and oxygen atoms in total. The van der Waals surface area contributed by atoms with Gasteiger partial charge in [-0.15, -0.1) is 0 Å². The number of benzene rings is 1. The minimum Gasteiger partial charge on any atom is -0.459 e. The molecule has 1 heterocycles. The minimum atomic E-state index is -0.300. The van der Waals surface area contributed by atoms with Gasteiger partial charge in [-0.25, -0.2) is 14.6 Å². The van der Waals surface area contributed by atoms with Crippen LogP contribution in [0.1, 0.15) is 48.3 Å². The highest BCUT2D eigenvalue weighted by Crippen LogP contribution is 2.22. The second-order valence-electron chi connectivity index (χ2n) is 6.41. The van der Waals surface area contributed by atoms with Crippen molar-refractivity contribution in [2.24, 2.45) is 0 Å². The van der Waals surface area contributed by atoms with Crippen LogP contribution in [0, 0.1) is 0 Å². The molecule has 1 aliphatic carbocycles. The van der Waals surface area contributed by atoms with E-state index in [0.717, 1.165) is 44.3 Å². The second-order valence-corrected chi connectivity index (χ2v) is 6.41. The molecule has 3 N–H and O–H groups in total. The van der Waals surface area contributed by atoms with E-state index in [2.05, 4.69) is 20.6 Å². The third-order valence-corrected chi connectivity index (χ3v) is 4.39. The van der Waals surface area contributed by atoms with Gasteiger partial charge in [0.25, 0.3) is 0 Å². The lowest BCUT2D eigenvalue weighted by Crippen LogP contribution is -2.29. The molecule has 0 spiro atoms. The maximum Gasteiger partial charge on any atom is 0.338 e. The summed E-state index contributed by atoms with van der Waals surface area (Å²) in [6.45, 7) is 0.554. The summed E-state index contributed by atoms with van der Waals surface area (Å²) in [4.78, 5) is 31.1. The van der Waals surface area contributed by atoms with Gasteiger partial charge < -0.3 is 20.4 Å². The average Bonchev–Trinajstić information content (AvgIpc) is 3.33. The van der Waals surface area contributed by atoms with Crippen LogP contribution >= 0.6 is 0 Å². The first-order valence-corrected chi connectivity index (χ1v) is 9.05. The summed E-state index contributed by atoms with van der Waals surface area (Å²) in [7, 11) is 0. The first-order chi connectivity index (χ1) is 12.7. The van der Waals surface area contributed by atoms with Crippen LogP contribution in [0.25, 0.3) is 0 Å². The Labute approximate surface area is 152 Å². The summed E-state index contributed by atoms with van der Waals surface area (Å²) in [6.07, 6.45) is 9.27. The van der Waals surface area contributed by atoms with E-state index in [1.807, 2.05) is 0 Å². The molecule has 7 heteroatoms. The van der Waals surface area contributed by atoms with Gasteiger partial charge in [0.1, 0.15) is 11.9 Å². The zero-order valence-corrected chi connectivity index (χ0v) is 14.7. The zero-order chi connectivity index (χ0) is 18.2. The highest BCUT2D eigenvalue weighted by molar-refractivity contribution is 5.92. The Morgan fingerprint density at radius 3 is 2.65 bits per heavy atom. The van der Waals surface area contributed by atoms with E-state index in [1.54, 1.807) is 36.7 Å². The van der Waals surface area contributed by atoms with Gasteiger partial charge in [0.15, 0.2) is 0 Å². The number of H-pyrrole nitrogens is 1. The number of ether oxygens (including phenoxy) is 1. The lowest BCUT2D eigenvalue weighted by atomic mass is 10.2. The van der Waals surface area contributed by atoms with E-state index < -0.39 is 0 Å². The molecule has 1 aliphatic rings. The molecular formula is C19H24N4O3. The first kappa shape index (κ1) is 18.0. The van der Waals surface area contributed by atoms with Crippen molar-refractivity contribution >= 4 is 17.7 Å². The number of rotatable bonds is 7. The highest BCUT2D eigenvalue weighted by atomic mass is 16.5. The number of imidazole rings is 1. The number of carbonyl (C=O) groups is 2. The maximum absolute atomic E-state index is 12.1. The Morgan fingerprint density at radius 1 is 1.19 bits per heavy atom. The predicted octanol–water partition coefficient (Wildman–Crippen LogP) is 3.26. The van der Waals surface area contributed by atoms with Gasteiger partial charge in [0, 0.05) is 31.0 Å². The fraction of sp³-hybridized carbons (Fsp3) is 0.421. The van der Waals surface area contributed by atoms with E-state index in [0.29, 0.717) is 17.8 Å². The number of nitrogens with one attached hydrogen (secondary N) is 3. The summed E-state index contributed by atoms with van der Waals surface area (Å²) >= 11 is 0. The lowest BCUT2D eigenvalue weighted by Gasteiger charge is -2.12. The van der Waals surface area contributed by atoms with Gasteiger partial charge in [-0.1, -0.05) is 0 Å². The molecule has 1 fully saturated rings. The number of nitrogens with zero attached hydrogens (tertiary/aromatic N) is 1. The Bertz CT molecular complexity index is 707. The molecule has 1 aromatic heterocycles. The van der Waals surface area contributed by atoms with E-state index in [4.69, 9.17) is 4.74 Å². The predicted molar refractivity (Wildman–Crippen MR) is 98.0 cm³/mol. The second kappa shape index (κ2) is 9.03. The molecule has 26 heavy (non-hydrogen) atoms. The number of hydrogen-bond donors (Lipinski definition) is 3. The first-order valence-electron chi connectivity index (χ1n) is 9.05. The van der Waals surface area contributed by atoms with Crippen LogP contribution in [0.4, 0.5) is 10.5 Å². The molecule has 138 valence electrons. The average molecular weight is 356 g/mol. The summed E-state index contributed by atoms with van der Waals surface area (Å²) < 4.78 is 5.47. The fourth-order valence-corrected chi connectivity index (χ4v) is 2.98. The smallest absolute Gasteiger partial charge is 0.338 e. The molecule has 1 saturated carbocycles. The van der Waals surface area contributed by atoms with Crippen molar-refractivity contribution < 1.29 is 14.3 Å². The van der Waals surface area contributed by atoms with Crippen LogP contribution in [0.5, 0.6) is 0 Å². The van der Waals surface area contributed by atoms with E-state index >= 15 is 0 Å². The quantitative estimate of drug-likeness (QED) is 0.524. The monoisotopic (exact) mass is 356 g/mol. The standard InChI is InChI=1S/C19H24N4O3/c24-18(26-16-4-1-2-5-16)14-7-9-15(10-8-14)23-19(25)22-11-3-6-17-20-12-13-21-17/h7-10,12-13,16H,1-6,11H2,(H,20,21)(H2,22,23,25). The third kappa shape index (κ3) is 5.34. The van der Waals surface area contributed by atoms with Gasteiger partial charge in [-0.05, 0) is 56.4 Å². The van der Waals surface area contributed by atoms with Crippen molar-refractivity contribution in [2.75, 3.05) is 11.9 Å². The molecule has 1 aromatic carbocycles. The van der Waals surface area contributed by atoms with Crippen LogP contribution < -0.4 is 10.6 Å². The van der Waals surface area contributed by atoms with Crippen LogP contribution in [0.3, 0.4) is 0 Å². The number of aromatic amines is 1. The molecular weight excluding hydrogens is 332 g/mol. The topological polar surface area (TPSA) is 96.1 Å². The van der Waals surface area contributed by atoms with Crippen LogP contribution in [-0.2, 0) is 11.2 Å². The molecule has 0 atom stereocenters. The summed E-state index contributed by atoms with van der Waals surface area (Å²) in [5.41, 5.74) is 1.13. The largest absolute Gasteiger partial charge is 0.459 e. The molecule has 0 radical (unpaired) electrons. The van der Waals surface area contributed by atoms with Crippen LogP contribution in [-0.4, -0.2) is 34.6 Å². The molecule has 0 unspecified atom stereocenters. The van der Waals surface area contributed by atoms with Gasteiger partial charge in [-0.3, -0.25) is 0 Å². The summed E-state index contributed by atoms with van der Waals surface area (Å²) in [5.74, 6) is 0.609. The number of anilines is 1. The highest BCUT2D eigenvalue weighted by Gasteiger charge is 2.20. The van der Waals surface area contributed by atoms with Crippen molar-refractivity contribution in [3.63, 3.8) is 0 Å². The van der Waals surface area contributed by atoms with Crippen molar-refractivity contribution in [1.82, 2.24) is 15.3 Å². The Hall–Kier alpha value is -2.83. The number of urea groups is 1. The summed E-state index contributed by atoms with van der Waals surface area (Å²) in [5, 5.41) is 5.55. The summed E-state index contributed by atoms with van der Waals surface area (Å²) in [6, 6.07) is 6.47. The van der Waals surface area contributed by atoms with E-state index in [-0.39, 0.29) is 18.1 Å². The van der Waals surface area contributed by atoms with Gasteiger partial charge in [0.05, 0.1) is 5.56 Å². The number of aromatic nitrogens is 2. The van der Waals surface area contributed by atoms with Gasteiger partial charge in [0.2, 0.25) is 0 Å². The molecule has 0 aliphatic heterocycles. The molecule has 3 rings (SSSR count).